The van der Waals surface area contributed by atoms with Crippen LogP contribution < -0.4 is 10.9 Å². The van der Waals surface area contributed by atoms with Crippen LogP contribution in [0.25, 0.3) is 22.6 Å². The number of rotatable bonds is 5. The number of fused-ring (bicyclic) bond motifs is 2. The van der Waals surface area contributed by atoms with Crippen molar-refractivity contribution < 1.29 is 13.9 Å². The quantitative estimate of drug-likeness (QED) is 0.240. The van der Waals surface area contributed by atoms with E-state index in [1.165, 1.54) is 12.1 Å². The summed E-state index contributed by atoms with van der Waals surface area (Å²) in [6.07, 6.45) is 4.22. The number of carbonyl (C=O) groups is 1. The summed E-state index contributed by atoms with van der Waals surface area (Å²) < 4.78 is 21.9. The first-order chi connectivity index (χ1) is 18.5. The Bertz CT molecular complexity index is 1680. The summed E-state index contributed by atoms with van der Waals surface area (Å²) in [5.41, 5.74) is 1.77. The molecule has 0 saturated heterocycles. The molecule has 0 bridgehead atoms. The molecule has 1 N–H and O–H groups in total. The van der Waals surface area contributed by atoms with E-state index in [-0.39, 0.29) is 21.8 Å². The highest BCUT2D eigenvalue weighted by Gasteiger charge is 2.26. The van der Waals surface area contributed by atoms with E-state index in [1.54, 1.807) is 50.6 Å². The number of hydrogen-bond acceptors (Lipinski definition) is 7. The third-order valence-electron chi connectivity index (χ3n) is 6.25. The lowest BCUT2D eigenvalue weighted by Gasteiger charge is -2.22. The van der Waals surface area contributed by atoms with Gasteiger partial charge in [0.2, 0.25) is 0 Å². The Morgan fingerprint density at radius 1 is 1.21 bits per heavy atom. The van der Waals surface area contributed by atoms with Crippen molar-refractivity contribution in [2.75, 3.05) is 5.32 Å². The molecule has 4 aromatic rings. The highest BCUT2D eigenvalue weighted by atomic mass is 35.5. The number of aromatic nitrogens is 4. The Morgan fingerprint density at radius 2 is 2.00 bits per heavy atom. The number of allylic oxidation sites excluding steroid dienone is 1. The van der Waals surface area contributed by atoms with E-state index in [0.717, 1.165) is 11.3 Å². The van der Waals surface area contributed by atoms with E-state index < -0.39 is 23.4 Å². The summed E-state index contributed by atoms with van der Waals surface area (Å²) in [7, 11) is 0. The average Bonchev–Trinajstić information content (AvgIpc) is 3.27. The first-order valence-corrected chi connectivity index (χ1v) is 12.9. The summed E-state index contributed by atoms with van der Waals surface area (Å²) in [6.45, 7) is 7.50. The van der Waals surface area contributed by atoms with Crippen LogP contribution in [0.2, 0.25) is 5.15 Å². The minimum atomic E-state index is -0.740. The lowest BCUT2D eigenvalue weighted by atomic mass is 10.0. The number of esters is 1. The van der Waals surface area contributed by atoms with Crippen LogP contribution in [-0.4, -0.2) is 31.1 Å². The van der Waals surface area contributed by atoms with Crippen molar-refractivity contribution in [1.29, 1.82) is 0 Å². The Morgan fingerprint density at radius 3 is 2.72 bits per heavy atom. The molecule has 1 aliphatic rings. The predicted octanol–water partition coefficient (Wildman–Crippen LogP) is 6.05. The SMILES string of the molecule is C[C@@H](Nc1ccc(Cl)nc1C(=O)OC(C)(C)C)c1cc(F)cc2c(=O)n3c(nc12)C(=Cc1ccccn1)CC3. The molecule has 4 heterocycles. The molecular formula is C29H27ClFN5O3. The van der Waals surface area contributed by atoms with E-state index in [0.29, 0.717) is 35.6 Å². The largest absolute Gasteiger partial charge is 0.455 e. The van der Waals surface area contributed by atoms with Crippen molar-refractivity contribution in [2.24, 2.45) is 0 Å². The molecule has 0 saturated carbocycles. The van der Waals surface area contributed by atoms with Gasteiger partial charge in [0.05, 0.1) is 28.3 Å². The summed E-state index contributed by atoms with van der Waals surface area (Å²) >= 11 is 6.07. The zero-order valence-corrected chi connectivity index (χ0v) is 22.7. The van der Waals surface area contributed by atoms with Crippen LogP contribution in [0.3, 0.4) is 0 Å². The molecule has 200 valence electrons. The van der Waals surface area contributed by atoms with Crippen LogP contribution in [0.1, 0.15) is 67.7 Å². The zero-order valence-electron chi connectivity index (χ0n) is 22.0. The maximum Gasteiger partial charge on any atom is 0.359 e. The third kappa shape index (κ3) is 5.54. The maximum absolute atomic E-state index is 14.8. The van der Waals surface area contributed by atoms with Crippen LogP contribution >= 0.6 is 11.6 Å². The van der Waals surface area contributed by atoms with Gasteiger partial charge in [-0.1, -0.05) is 17.7 Å². The normalized spacial score (nSPS) is 14.9. The monoisotopic (exact) mass is 547 g/mol. The third-order valence-corrected chi connectivity index (χ3v) is 6.46. The number of benzene rings is 1. The molecule has 8 nitrogen and oxygen atoms in total. The van der Waals surface area contributed by atoms with Crippen molar-refractivity contribution >= 4 is 45.8 Å². The fraction of sp³-hybridized carbons (Fsp3) is 0.276. The molecule has 0 fully saturated rings. The van der Waals surface area contributed by atoms with E-state index in [1.807, 2.05) is 24.3 Å². The lowest BCUT2D eigenvalue weighted by Crippen LogP contribution is -2.25. The second-order valence-electron chi connectivity index (χ2n) is 10.4. The molecule has 0 unspecified atom stereocenters. The number of pyridine rings is 2. The highest BCUT2D eigenvalue weighted by Crippen LogP contribution is 2.32. The van der Waals surface area contributed by atoms with Crippen molar-refractivity contribution in [2.45, 2.75) is 52.3 Å². The molecule has 10 heteroatoms. The molecular weight excluding hydrogens is 521 g/mol. The molecule has 0 radical (unpaired) electrons. The lowest BCUT2D eigenvalue weighted by molar-refractivity contribution is 0.00640. The van der Waals surface area contributed by atoms with E-state index in [2.05, 4.69) is 15.3 Å². The fourth-order valence-corrected chi connectivity index (χ4v) is 4.71. The van der Waals surface area contributed by atoms with Crippen LogP contribution in [0, 0.1) is 5.82 Å². The van der Waals surface area contributed by atoms with Gasteiger partial charge in [-0.3, -0.25) is 14.3 Å². The van der Waals surface area contributed by atoms with Crippen molar-refractivity contribution in [3.8, 4) is 0 Å². The molecule has 1 atom stereocenters. The number of anilines is 1. The molecule has 5 rings (SSSR count). The van der Waals surface area contributed by atoms with E-state index in [4.69, 9.17) is 21.3 Å². The van der Waals surface area contributed by atoms with Crippen LogP contribution in [0.5, 0.6) is 0 Å². The summed E-state index contributed by atoms with van der Waals surface area (Å²) in [5, 5.41) is 3.53. The maximum atomic E-state index is 14.8. The van der Waals surface area contributed by atoms with E-state index >= 15 is 0 Å². The van der Waals surface area contributed by atoms with Crippen LogP contribution in [-0.2, 0) is 11.3 Å². The van der Waals surface area contributed by atoms with Gasteiger partial charge in [-0.05, 0) is 82.2 Å². The number of hydrogen-bond donors (Lipinski definition) is 1. The number of nitrogens with one attached hydrogen (secondary N) is 1. The Kier molecular flexibility index (Phi) is 6.94. The standard InChI is InChI=1S/C29H27ClFN5O3/c1-16(33-22-8-9-23(30)34-25(22)28(38)39-29(2,3)4)20-14-18(31)15-21-24(20)35-26-17(10-12-36(26)27(21)37)13-19-7-5-6-11-32-19/h5-9,11,13-16,33H,10,12H2,1-4H3/t16-/m1/s1. The second kappa shape index (κ2) is 10.2. The van der Waals surface area contributed by atoms with Gasteiger partial charge in [0.15, 0.2) is 5.69 Å². The van der Waals surface area contributed by atoms with Gasteiger partial charge in [-0.2, -0.15) is 0 Å². The predicted molar refractivity (Wildman–Crippen MR) is 149 cm³/mol. The van der Waals surface area contributed by atoms with Crippen molar-refractivity contribution in [3.63, 3.8) is 0 Å². The Labute approximate surface area is 229 Å². The molecule has 0 spiro atoms. The van der Waals surface area contributed by atoms with Crippen molar-refractivity contribution in [1.82, 2.24) is 19.5 Å². The molecule has 3 aromatic heterocycles. The summed E-state index contributed by atoms with van der Waals surface area (Å²) in [5.74, 6) is -0.683. The molecule has 1 aromatic carbocycles. The fourth-order valence-electron chi connectivity index (χ4n) is 4.56. The summed E-state index contributed by atoms with van der Waals surface area (Å²) in [6, 6.07) is 10.7. The van der Waals surface area contributed by atoms with Gasteiger partial charge < -0.3 is 10.1 Å². The van der Waals surface area contributed by atoms with Crippen molar-refractivity contribution in [3.05, 3.63) is 92.8 Å². The molecule has 1 aliphatic heterocycles. The zero-order chi connectivity index (χ0) is 27.9. The van der Waals surface area contributed by atoms with Gasteiger partial charge in [0.25, 0.3) is 5.56 Å². The minimum Gasteiger partial charge on any atom is -0.455 e. The molecule has 39 heavy (non-hydrogen) atoms. The Balaban J connectivity index is 1.58. The number of nitrogens with zero attached hydrogens (tertiary/aromatic N) is 4. The topological polar surface area (TPSA) is 99.0 Å². The average molecular weight is 548 g/mol. The first-order valence-electron chi connectivity index (χ1n) is 12.5. The second-order valence-corrected chi connectivity index (χ2v) is 10.7. The highest BCUT2D eigenvalue weighted by molar-refractivity contribution is 6.29. The van der Waals surface area contributed by atoms with Gasteiger partial charge in [-0.15, -0.1) is 0 Å². The van der Waals surface area contributed by atoms with Gasteiger partial charge >= 0.3 is 5.97 Å². The first kappa shape index (κ1) is 26.5. The molecule has 0 aliphatic carbocycles. The van der Waals surface area contributed by atoms with Gasteiger partial charge in [0.1, 0.15) is 22.4 Å². The van der Waals surface area contributed by atoms with E-state index in [9.17, 15) is 14.0 Å². The van der Waals surface area contributed by atoms with Crippen LogP contribution in [0.15, 0.2) is 53.5 Å². The summed E-state index contributed by atoms with van der Waals surface area (Å²) in [4.78, 5) is 39.7. The smallest absolute Gasteiger partial charge is 0.359 e. The van der Waals surface area contributed by atoms with Gasteiger partial charge in [-0.25, -0.2) is 19.2 Å². The number of ether oxygens (including phenoxy) is 1. The number of halogens is 2. The van der Waals surface area contributed by atoms with Crippen LogP contribution in [0.4, 0.5) is 10.1 Å². The minimum absolute atomic E-state index is 0.000477. The Hall–Kier alpha value is -4.11. The van der Waals surface area contributed by atoms with Gasteiger partial charge in [0, 0.05) is 18.3 Å². The number of carbonyl (C=O) groups excluding carboxylic acids is 1. The molecule has 0 amide bonds.